The second-order valence-electron chi connectivity index (χ2n) is 5.98. The van der Waals surface area contributed by atoms with E-state index in [1.165, 1.54) is 0 Å². The molecule has 0 aliphatic carbocycles. The van der Waals surface area contributed by atoms with Gasteiger partial charge in [-0.2, -0.15) is 0 Å². The van der Waals surface area contributed by atoms with Gasteiger partial charge in [-0.1, -0.05) is 0 Å². The molecule has 1 atom stereocenters. The molecule has 2 aliphatic heterocycles. The van der Waals surface area contributed by atoms with Gasteiger partial charge in [-0.15, -0.1) is 10.3 Å². The van der Waals surface area contributed by atoms with Crippen LogP contribution < -0.4 is 0 Å². The van der Waals surface area contributed by atoms with E-state index in [1.807, 2.05) is 0 Å². The van der Waals surface area contributed by atoms with Gasteiger partial charge in [-0.05, 0) is 33.8 Å². The topological polar surface area (TPSA) is 75.7 Å². The van der Waals surface area contributed by atoms with Crippen LogP contribution in [0.25, 0.3) is 0 Å². The second kappa shape index (κ2) is 4.31. The van der Waals surface area contributed by atoms with E-state index in [-0.39, 0.29) is 19.0 Å². The minimum absolute atomic E-state index is 0.0733. The van der Waals surface area contributed by atoms with Crippen molar-refractivity contribution >= 4 is 11.9 Å². The van der Waals surface area contributed by atoms with Crippen molar-refractivity contribution in [2.24, 2.45) is 0 Å². The lowest BCUT2D eigenvalue weighted by atomic mass is 9.97. The molecule has 2 aliphatic rings. The Morgan fingerprint density at radius 2 is 2.05 bits per heavy atom. The summed E-state index contributed by atoms with van der Waals surface area (Å²) in [5.74, 6) is -0.928. The molecular weight excluding hydrogens is 250 g/mol. The molecule has 1 fully saturated rings. The van der Waals surface area contributed by atoms with E-state index in [9.17, 15) is 14.8 Å². The monoisotopic (exact) mass is 268 g/mol. The molecule has 19 heavy (non-hydrogen) atoms. The van der Waals surface area contributed by atoms with Crippen molar-refractivity contribution in [1.82, 2.24) is 5.06 Å². The lowest BCUT2D eigenvalue weighted by Crippen LogP contribution is -2.47. The molecule has 2 heterocycles. The molecular formula is C13H18NO5. The molecule has 0 saturated carbocycles. The number of rotatable bonds is 2. The summed E-state index contributed by atoms with van der Waals surface area (Å²) in [5, 5.41) is 13.0. The van der Waals surface area contributed by atoms with Crippen LogP contribution in [-0.4, -0.2) is 40.8 Å². The predicted octanol–water partition coefficient (Wildman–Crippen LogP) is 0.990. The molecule has 6 heteroatoms. The number of carbonyl (C=O) groups excluding carboxylic acids is 2. The van der Waals surface area contributed by atoms with E-state index < -0.39 is 23.2 Å². The molecule has 105 valence electrons. The van der Waals surface area contributed by atoms with Gasteiger partial charge in [0.1, 0.15) is 12.7 Å². The highest BCUT2D eigenvalue weighted by atomic mass is 16.6. The normalized spacial score (nSPS) is 29.0. The Labute approximate surface area is 111 Å². The Hall–Kier alpha value is -1.40. The Morgan fingerprint density at radius 1 is 1.42 bits per heavy atom. The first kappa shape index (κ1) is 14.0. The zero-order valence-corrected chi connectivity index (χ0v) is 11.6. The molecule has 0 aromatic carbocycles. The summed E-state index contributed by atoms with van der Waals surface area (Å²) in [6.45, 7) is 6.92. The van der Waals surface area contributed by atoms with Crippen LogP contribution in [0.2, 0.25) is 0 Å². The van der Waals surface area contributed by atoms with Crippen molar-refractivity contribution in [3.8, 4) is 0 Å². The SMILES string of the molecule is CC1(C)C=C(C(=O)O[C@H]2COC(=O)C2)C(C)(C)N1[O]. The zero-order valence-electron chi connectivity index (χ0n) is 11.6. The molecule has 0 amide bonds. The second-order valence-corrected chi connectivity index (χ2v) is 5.98. The molecule has 0 aromatic heterocycles. The Balaban J connectivity index is 2.13. The first-order chi connectivity index (χ1) is 8.64. The number of hydroxylamine groups is 2. The summed E-state index contributed by atoms with van der Waals surface area (Å²) in [5.41, 5.74) is -1.36. The predicted molar refractivity (Wildman–Crippen MR) is 64.2 cm³/mol. The molecule has 6 nitrogen and oxygen atoms in total. The van der Waals surface area contributed by atoms with E-state index in [4.69, 9.17) is 9.47 Å². The van der Waals surface area contributed by atoms with Gasteiger partial charge in [0.05, 0.1) is 23.1 Å². The fraction of sp³-hybridized carbons (Fsp3) is 0.692. The van der Waals surface area contributed by atoms with E-state index >= 15 is 0 Å². The highest BCUT2D eigenvalue weighted by Crippen LogP contribution is 2.39. The average molecular weight is 268 g/mol. The molecule has 1 saturated heterocycles. The maximum absolute atomic E-state index is 12.1. The lowest BCUT2D eigenvalue weighted by Gasteiger charge is -2.33. The van der Waals surface area contributed by atoms with Gasteiger partial charge in [0.15, 0.2) is 0 Å². The van der Waals surface area contributed by atoms with E-state index in [0.717, 1.165) is 5.06 Å². The van der Waals surface area contributed by atoms with Crippen molar-refractivity contribution in [3.05, 3.63) is 11.6 Å². The summed E-state index contributed by atoms with van der Waals surface area (Å²) in [7, 11) is 0. The van der Waals surface area contributed by atoms with Gasteiger partial charge in [0, 0.05) is 0 Å². The average Bonchev–Trinajstić information content (AvgIpc) is 2.75. The molecule has 0 bridgehead atoms. The van der Waals surface area contributed by atoms with Crippen LogP contribution in [0.5, 0.6) is 0 Å². The van der Waals surface area contributed by atoms with Crippen LogP contribution in [0, 0.1) is 0 Å². The van der Waals surface area contributed by atoms with Crippen LogP contribution in [0.4, 0.5) is 0 Å². The number of hydrogen-bond donors (Lipinski definition) is 0. The van der Waals surface area contributed by atoms with E-state index in [2.05, 4.69) is 0 Å². The third-order valence-corrected chi connectivity index (χ3v) is 3.51. The summed E-state index contributed by atoms with van der Waals surface area (Å²) < 4.78 is 9.96. The quantitative estimate of drug-likeness (QED) is 0.698. The fourth-order valence-corrected chi connectivity index (χ4v) is 2.51. The van der Waals surface area contributed by atoms with Crippen LogP contribution in [0.1, 0.15) is 34.1 Å². The van der Waals surface area contributed by atoms with Crippen molar-refractivity contribution in [2.75, 3.05) is 6.61 Å². The first-order valence-electron chi connectivity index (χ1n) is 6.22. The number of carbonyl (C=O) groups is 2. The van der Waals surface area contributed by atoms with E-state index in [1.54, 1.807) is 33.8 Å². The molecule has 0 N–H and O–H groups in total. The number of cyclic esters (lactones) is 1. The number of ether oxygens (including phenoxy) is 2. The van der Waals surface area contributed by atoms with Gasteiger partial charge in [-0.3, -0.25) is 4.79 Å². The number of nitrogens with zero attached hydrogens (tertiary/aromatic N) is 1. The number of esters is 2. The van der Waals surface area contributed by atoms with Crippen molar-refractivity contribution in [2.45, 2.75) is 51.3 Å². The van der Waals surface area contributed by atoms with Gasteiger partial charge in [0.2, 0.25) is 0 Å². The van der Waals surface area contributed by atoms with Crippen molar-refractivity contribution in [1.29, 1.82) is 0 Å². The standard InChI is InChI=1S/C13H18NO5/c1-12(2)6-9(13(3,4)14(12)17)11(16)19-8-5-10(15)18-7-8/h6,8H,5,7H2,1-4H3/t8-/m1/s1. The smallest absolute Gasteiger partial charge is 0.336 e. The lowest BCUT2D eigenvalue weighted by molar-refractivity contribution is -0.239. The van der Waals surface area contributed by atoms with Crippen LogP contribution in [-0.2, 0) is 24.3 Å². The third-order valence-electron chi connectivity index (χ3n) is 3.51. The molecule has 0 spiro atoms. The summed E-state index contributed by atoms with van der Waals surface area (Å²) in [4.78, 5) is 23.1. The maximum Gasteiger partial charge on any atom is 0.336 e. The van der Waals surface area contributed by atoms with Crippen LogP contribution in [0.3, 0.4) is 0 Å². The van der Waals surface area contributed by atoms with Gasteiger partial charge < -0.3 is 9.47 Å². The Kier molecular flexibility index (Phi) is 3.18. The Bertz CT molecular complexity index is 452. The highest BCUT2D eigenvalue weighted by Gasteiger charge is 2.50. The molecule has 2 rings (SSSR count). The fourth-order valence-electron chi connectivity index (χ4n) is 2.51. The summed E-state index contributed by atoms with van der Waals surface area (Å²) in [6.07, 6.45) is 1.14. The minimum Gasteiger partial charge on any atom is -0.462 e. The maximum atomic E-state index is 12.1. The van der Waals surface area contributed by atoms with Gasteiger partial charge in [0.25, 0.3) is 0 Å². The zero-order chi connectivity index (χ0) is 14.4. The minimum atomic E-state index is -0.940. The summed E-state index contributed by atoms with van der Waals surface area (Å²) in [6, 6.07) is 0. The van der Waals surface area contributed by atoms with E-state index in [0.29, 0.717) is 5.57 Å². The van der Waals surface area contributed by atoms with Gasteiger partial charge >= 0.3 is 11.9 Å². The molecule has 0 unspecified atom stereocenters. The molecule has 1 radical (unpaired) electrons. The highest BCUT2D eigenvalue weighted by molar-refractivity contribution is 5.92. The number of hydrogen-bond acceptors (Lipinski definition) is 5. The van der Waals surface area contributed by atoms with Crippen molar-refractivity contribution in [3.63, 3.8) is 0 Å². The Morgan fingerprint density at radius 3 is 2.47 bits per heavy atom. The first-order valence-corrected chi connectivity index (χ1v) is 6.22. The largest absolute Gasteiger partial charge is 0.462 e. The third kappa shape index (κ3) is 2.37. The van der Waals surface area contributed by atoms with Crippen LogP contribution >= 0.6 is 0 Å². The van der Waals surface area contributed by atoms with Crippen molar-refractivity contribution < 1.29 is 24.3 Å². The van der Waals surface area contributed by atoms with Crippen LogP contribution in [0.15, 0.2) is 11.6 Å². The summed E-state index contributed by atoms with van der Waals surface area (Å²) >= 11 is 0. The molecule has 0 aromatic rings. The van der Waals surface area contributed by atoms with Gasteiger partial charge in [-0.25, -0.2) is 4.79 Å².